The minimum absolute atomic E-state index is 0.335. The van der Waals surface area contributed by atoms with Crippen molar-refractivity contribution in [3.63, 3.8) is 0 Å². The number of esters is 1. The van der Waals surface area contributed by atoms with Crippen LogP contribution in [-0.2, 0) is 27.2 Å². The van der Waals surface area contributed by atoms with Crippen LogP contribution in [-0.4, -0.2) is 29.6 Å². The number of thiophene rings is 1. The molecule has 1 heterocycles. The Morgan fingerprint density at radius 1 is 1.14 bits per heavy atom. The van der Waals surface area contributed by atoms with Gasteiger partial charge in [-0.05, 0) is 50.5 Å². The lowest BCUT2D eigenvalue weighted by atomic mass is 9.82. The molecule has 0 aliphatic heterocycles. The van der Waals surface area contributed by atoms with E-state index >= 15 is 0 Å². The fourth-order valence-electron chi connectivity index (χ4n) is 3.90. The maximum Gasteiger partial charge on any atom is 0.341 e. The van der Waals surface area contributed by atoms with E-state index in [0.717, 1.165) is 49.0 Å². The zero-order valence-electron chi connectivity index (χ0n) is 16.2. The van der Waals surface area contributed by atoms with E-state index in [4.69, 9.17) is 4.74 Å². The molecule has 2 aliphatic rings. The number of ether oxygens (including phenoxy) is 1. The number of allylic oxidation sites excluding steroid dienone is 2. The molecule has 152 valence electrons. The molecule has 3 rings (SSSR count). The maximum absolute atomic E-state index is 12.9. The molecule has 0 bridgehead atoms. The summed E-state index contributed by atoms with van der Waals surface area (Å²) in [6.45, 7) is 2.28. The summed E-state index contributed by atoms with van der Waals surface area (Å²) in [6.07, 6.45) is 10.0. The molecule has 0 spiro atoms. The van der Waals surface area contributed by atoms with Gasteiger partial charge in [0.1, 0.15) is 5.00 Å². The Balaban J connectivity index is 1.88. The standard InChI is InChI=1S/C21H27NO5S/c1-2-12-27-21(26)17-15-10-4-3-5-11-16(15)28-19(17)22-18(23)13-8-6-7-9-14(13)20(24)25/h6-7,13-14H,2-5,8-12H2,1H3,(H,22,23)(H,24,25). The van der Waals surface area contributed by atoms with Crippen LogP contribution in [0.5, 0.6) is 0 Å². The molecule has 1 aromatic rings. The third-order valence-corrected chi connectivity index (χ3v) is 6.59. The predicted octanol–water partition coefficient (Wildman–Crippen LogP) is 4.19. The summed E-state index contributed by atoms with van der Waals surface area (Å²) in [5.41, 5.74) is 1.47. The first-order valence-electron chi connectivity index (χ1n) is 10.0. The van der Waals surface area contributed by atoms with Gasteiger partial charge in [0.2, 0.25) is 5.91 Å². The van der Waals surface area contributed by atoms with Gasteiger partial charge in [0.15, 0.2) is 0 Å². The quantitative estimate of drug-likeness (QED) is 0.421. The van der Waals surface area contributed by atoms with Gasteiger partial charge in [0, 0.05) is 4.88 Å². The molecule has 1 aromatic heterocycles. The van der Waals surface area contributed by atoms with Crippen LogP contribution in [0.25, 0.3) is 0 Å². The lowest BCUT2D eigenvalue weighted by Gasteiger charge is -2.24. The van der Waals surface area contributed by atoms with Crippen molar-refractivity contribution >= 4 is 34.2 Å². The van der Waals surface area contributed by atoms with Crippen LogP contribution in [0, 0.1) is 11.8 Å². The maximum atomic E-state index is 12.9. The van der Waals surface area contributed by atoms with Gasteiger partial charge in [-0.1, -0.05) is 25.5 Å². The number of carbonyl (C=O) groups is 3. The van der Waals surface area contributed by atoms with E-state index < -0.39 is 23.8 Å². The van der Waals surface area contributed by atoms with E-state index in [0.29, 0.717) is 30.0 Å². The number of carbonyl (C=O) groups excluding carboxylic acids is 2. The summed E-state index contributed by atoms with van der Waals surface area (Å²) in [5.74, 6) is -3.07. The zero-order valence-corrected chi connectivity index (χ0v) is 17.0. The molecule has 0 fully saturated rings. The lowest BCUT2D eigenvalue weighted by molar-refractivity contribution is -0.146. The van der Waals surface area contributed by atoms with Crippen molar-refractivity contribution in [1.82, 2.24) is 0 Å². The largest absolute Gasteiger partial charge is 0.481 e. The number of hydrogen-bond donors (Lipinski definition) is 2. The number of hydrogen-bond acceptors (Lipinski definition) is 5. The second kappa shape index (κ2) is 9.37. The number of aliphatic carboxylic acids is 1. The first-order chi connectivity index (χ1) is 13.5. The highest BCUT2D eigenvalue weighted by Crippen LogP contribution is 2.39. The van der Waals surface area contributed by atoms with Crippen LogP contribution in [0.2, 0.25) is 0 Å². The SMILES string of the molecule is CCCOC(=O)c1c(NC(=O)C2CC=CCC2C(=O)O)sc2c1CCCCC2. The Kier molecular flexibility index (Phi) is 6.88. The fourth-order valence-corrected chi connectivity index (χ4v) is 5.18. The number of fused-ring (bicyclic) bond motifs is 1. The Morgan fingerprint density at radius 2 is 1.86 bits per heavy atom. The van der Waals surface area contributed by atoms with E-state index in [-0.39, 0.29) is 5.91 Å². The molecule has 28 heavy (non-hydrogen) atoms. The summed E-state index contributed by atoms with van der Waals surface area (Å²) in [4.78, 5) is 38.3. The van der Waals surface area contributed by atoms with E-state index in [9.17, 15) is 19.5 Å². The number of rotatable bonds is 6. The van der Waals surface area contributed by atoms with E-state index in [1.54, 1.807) is 0 Å². The van der Waals surface area contributed by atoms with Crippen molar-refractivity contribution in [3.05, 3.63) is 28.2 Å². The molecule has 0 radical (unpaired) electrons. The van der Waals surface area contributed by atoms with Crippen molar-refractivity contribution in [3.8, 4) is 0 Å². The summed E-state index contributed by atoms with van der Waals surface area (Å²) in [6, 6.07) is 0. The summed E-state index contributed by atoms with van der Waals surface area (Å²) in [7, 11) is 0. The number of carboxylic acids is 1. The van der Waals surface area contributed by atoms with Crippen LogP contribution >= 0.6 is 11.3 Å². The van der Waals surface area contributed by atoms with Crippen LogP contribution in [0.15, 0.2) is 12.2 Å². The second-order valence-corrected chi connectivity index (χ2v) is 8.49. The predicted molar refractivity (Wildman–Crippen MR) is 108 cm³/mol. The van der Waals surface area contributed by atoms with Crippen molar-refractivity contribution in [1.29, 1.82) is 0 Å². The van der Waals surface area contributed by atoms with Crippen molar-refractivity contribution in [2.75, 3.05) is 11.9 Å². The third kappa shape index (κ3) is 4.46. The monoisotopic (exact) mass is 405 g/mol. The van der Waals surface area contributed by atoms with Crippen molar-refractivity contribution < 1.29 is 24.2 Å². The first-order valence-corrected chi connectivity index (χ1v) is 10.8. The van der Waals surface area contributed by atoms with Gasteiger partial charge in [0.05, 0.1) is 24.0 Å². The molecule has 2 unspecified atom stereocenters. The van der Waals surface area contributed by atoms with E-state index in [1.165, 1.54) is 11.3 Å². The molecule has 2 N–H and O–H groups in total. The highest BCUT2D eigenvalue weighted by Gasteiger charge is 2.35. The normalized spacial score (nSPS) is 21.5. The van der Waals surface area contributed by atoms with Crippen molar-refractivity contribution in [2.24, 2.45) is 11.8 Å². The number of aryl methyl sites for hydroxylation is 1. The van der Waals surface area contributed by atoms with Crippen molar-refractivity contribution in [2.45, 2.75) is 58.3 Å². The van der Waals surface area contributed by atoms with Gasteiger partial charge in [0.25, 0.3) is 0 Å². The first kappa shape index (κ1) is 20.6. The lowest BCUT2D eigenvalue weighted by Crippen LogP contribution is -2.34. The highest BCUT2D eigenvalue weighted by atomic mass is 32.1. The Labute approximate surface area is 169 Å². The van der Waals surface area contributed by atoms with E-state index in [2.05, 4.69) is 5.32 Å². The molecule has 7 heteroatoms. The number of nitrogens with one attached hydrogen (secondary N) is 1. The number of amides is 1. The summed E-state index contributed by atoms with van der Waals surface area (Å²) in [5, 5.41) is 12.8. The average molecular weight is 406 g/mol. The molecule has 0 saturated carbocycles. The second-order valence-electron chi connectivity index (χ2n) is 7.39. The number of carboxylic acid groups (broad SMARTS) is 1. The fraction of sp³-hybridized carbons (Fsp3) is 0.571. The van der Waals surface area contributed by atoms with E-state index in [1.807, 2.05) is 19.1 Å². The molecule has 6 nitrogen and oxygen atoms in total. The van der Waals surface area contributed by atoms with Crippen LogP contribution in [0.1, 0.15) is 66.2 Å². The van der Waals surface area contributed by atoms with Gasteiger partial charge < -0.3 is 15.2 Å². The minimum Gasteiger partial charge on any atom is -0.481 e. The summed E-state index contributed by atoms with van der Waals surface area (Å²) >= 11 is 1.44. The van der Waals surface area contributed by atoms with Crippen LogP contribution < -0.4 is 5.32 Å². The number of anilines is 1. The van der Waals surface area contributed by atoms with Gasteiger partial charge >= 0.3 is 11.9 Å². The molecule has 0 saturated heterocycles. The smallest absolute Gasteiger partial charge is 0.341 e. The van der Waals surface area contributed by atoms with Crippen LogP contribution in [0.3, 0.4) is 0 Å². The van der Waals surface area contributed by atoms with Crippen LogP contribution in [0.4, 0.5) is 5.00 Å². The van der Waals surface area contributed by atoms with Gasteiger partial charge in [-0.25, -0.2) is 4.79 Å². The molecular formula is C21H27NO5S. The summed E-state index contributed by atoms with van der Waals surface area (Å²) < 4.78 is 5.38. The van der Waals surface area contributed by atoms with Gasteiger partial charge in [-0.3, -0.25) is 9.59 Å². The van der Waals surface area contributed by atoms with Gasteiger partial charge in [-0.15, -0.1) is 11.3 Å². The third-order valence-electron chi connectivity index (χ3n) is 5.39. The van der Waals surface area contributed by atoms with Gasteiger partial charge in [-0.2, -0.15) is 0 Å². The Bertz CT molecular complexity index is 782. The molecule has 0 aromatic carbocycles. The average Bonchev–Trinajstić information content (AvgIpc) is 2.86. The molecule has 1 amide bonds. The zero-order chi connectivity index (χ0) is 20.1. The Morgan fingerprint density at radius 3 is 2.57 bits per heavy atom. The molecule has 2 aliphatic carbocycles. The minimum atomic E-state index is -0.964. The Hall–Kier alpha value is -2.15. The topological polar surface area (TPSA) is 92.7 Å². The molecular weight excluding hydrogens is 378 g/mol. The molecule has 2 atom stereocenters. The highest BCUT2D eigenvalue weighted by molar-refractivity contribution is 7.17.